The van der Waals surface area contributed by atoms with Gasteiger partial charge >= 0.3 is 5.97 Å². The number of aryl methyl sites for hydroxylation is 1. The fourth-order valence-electron chi connectivity index (χ4n) is 5.02. The maximum Gasteiger partial charge on any atom is 0.307 e. The SMILES string of the molecule is Cc1nn(Cc2ccc(C3C(CNc4cccc(F)c4)=Cc4ccccc43)cc2)c(C)c1CC(=O)O. The van der Waals surface area contributed by atoms with Gasteiger partial charge in [0, 0.05) is 29.4 Å². The highest BCUT2D eigenvalue weighted by atomic mass is 19.1. The number of nitrogens with zero attached hydrogens (tertiary/aromatic N) is 2. The van der Waals surface area contributed by atoms with Crippen LogP contribution in [0, 0.1) is 19.7 Å². The van der Waals surface area contributed by atoms with Crippen LogP contribution in [0.3, 0.4) is 0 Å². The minimum absolute atomic E-state index is 0.0174. The first-order valence-electron chi connectivity index (χ1n) is 12.0. The summed E-state index contributed by atoms with van der Waals surface area (Å²) in [6.07, 6.45) is 2.20. The third-order valence-electron chi connectivity index (χ3n) is 6.84. The van der Waals surface area contributed by atoms with Crippen LogP contribution in [0.1, 0.15) is 45.1 Å². The Hall–Kier alpha value is -4.19. The fourth-order valence-corrected chi connectivity index (χ4v) is 5.02. The van der Waals surface area contributed by atoms with Crippen LogP contribution in [0.15, 0.2) is 78.4 Å². The molecule has 1 atom stereocenters. The smallest absolute Gasteiger partial charge is 0.307 e. The molecule has 36 heavy (non-hydrogen) atoms. The van der Waals surface area contributed by atoms with Gasteiger partial charge < -0.3 is 10.4 Å². The monoisotopic (exact) mass is 481 g/mol. The summed E-state index contributed by atoms with van der Waals surface area (Å²) in [5.74, 6) is -0.988. The Morgan fingerprint density at radius 2 is 1.83 bits per heavy atom. The molecule has 0 fully saturated rings. The lowest BCUT2D eigenvalue weighted by Gasteiger charge is -2.19. The number of halogens is 1. The van der Waals surface area contributed by atoms with Gasteiger partial charge in [0.15, 0.2) is 0 Å². The topological polar surface area (TPSA) is 67.2 Å². The highest BCUT2D eigenvalue weighted by Gasteiger charge is 2.26. The second-order valence-corrected chi connectivity index (χ2v) is 9.26. The van der Waals surface area contributed by atoms with Gasteiger partial charge in [-0.3, -0.25) is 9.48 Å². The van der Waals surface area contributed by atoms with Gasteiger partial charge in [0.2, 0.25) is 0 Å². The molecule has 0 amide bonds. The third kappa shape index (κ3) is 4.80. The van der Waals surface area contributed by atoms with Crippen molar-refractivity contribution in [1.29, 1.82) is 0 Å². The molecule has 1 aliphatic rings. The number of anilines is 1. The lowest BCUT2D eigenvalue weighted by Crippen LogP contribution is -2.11. The Balaban J connectivity index is 1.37. The van der Waals surface area contributed by atoms with E-state index in [-0.39, 0.29) is 18.2 Å². The molecule has 5 nitrogen and oxygen atoms in total. The maximum atomic E-state index is 13.6. The average Bonchev–Trinajstić information content (AvgIpc) is 3.35. The van der Waals surface area contributed by atoms with E-state index in [1.807, 2.05) is 30.7 Å². The van der Waals surface area contributed by atoms with Gasteiger partial charge in [0.05, 0.1) is 18.7 Å². The summed E-state index contributed by atoms with van der Waals surface area (Å²) >= 11 is 0. The number of fused-ring (bicyclic) bond motifs is 1. The largest absolute Gasteiger partial charge is 0.481 e. The van der Waals surface area contributed by atoms with Crippen LogP contribution in [-0.2, 0) is 17.8 Å². The van der Waals surface area contributed by atoms with E-state index in [1.165, 1.54) is 34.4 Å². The van der Waals surface area contributed by atoms with E-state index in [1.54, 1.807) is 6.07 Å². The van der Waals surface area contributed by atoms with Crippen LogP contribution in [0.5, 0.6) is 0 Å². The number of nitrogens with one attached hydrogen (secondary N) is 1. The first-order chi connectivity index (χ1) is 17.4. The van der Waals surface area contributed by atoms with Crippen LogP contribution >= 0.6 is 0 Å². The van der Waals surface area contributed by atoms with Gasteiger partial charge in [0.1, 0.15) is 5.82 Å². The van der Waals surface area contributed by atoms with Gasteiger partial charge in [-0.15, -0.1) is 0 Å². The second-order valence-electron chi connectivity index (χ2n) is 9.26. The molecule has 3 aromatic carbocycles. The molecule has 182 valence electrons. The van der Waals surface area contributed by atoms with Crippen LogP contribution in [0.25, 0.3) is 6.08 Å². The Morgan fingerprint density at radius 1 is 1.06 bits per heavy atom. The number of benzene rings is 3. The Labute approximate surface area is 209 Å². The highest BCUT2D eigenvalue weighted by molar-refractivity contribution is 5.71. The van der Waals surface area contributed by atoms with E-state index < -0.39 is 5.97 Å². The number of hydrogen-bond acceptors (Lipinski definition) is 3. The van der Waals surface area contributed by atoms with E-state index >= 15 is 0 Å². The Kier molecular flexibility index (Phi) is 6.42. The summed E-state index contributed by atoms with van der Waals surface area (Å²) in [7, 11) is 0. The van der Waals surface area contributed by atoms with Crippen molar-refractivity contribution in [3.05, 3.63) is 123 Å². The molecule has 0 bridgehead atoms. The van der Waals surface area contributed by atoms with Crippen LogP contribution in [0.4, 0.5) is 10.1 Å². The molecule has 6 heteroatoms. The van der Waals surface area contributed by atoms with Crippen LogP contribution in [0.2, 0.25) is 0 Å². The number of hydrogen-bond donors (Lipinski definition) is 2. The van der Waals surface area contributed by atoms with Crippen LogP contribution < -0.4 is 5.32 Å². The molecule has 5 rings (SSSR count). The summed E-state index contributed by atoms with van der Waals surface area (Å²) < 4.78 is 15.5. The van der Waals surface area contributed by atoms with Crippen molar-refractivity contribution >= 4 is 17.7 Å². The molecule has 0 saturated heterocycles. The van der Waals surface area contributed by atoms with Crippen molar-refractivity contribution in [1.82, 2.24) is 9.78 Å². The van der Waals surface area contributed by atoms with E-state index in [4.69, 9.17) is 0 Å². The summed E-state index contributed by atoms with van der Waals surface area (Å²) in [5, 5.41) is 17.1. The summed E-state index contributed by atoms with van der Waals surface area (Å²) in [6.45, 7) is 4.97. The average molecular weight is 482 g/mol. The lowest BCUT2D eigenvalue weighted by atomic mass is 9.88. The molecule has 1 aromatic heterocycles. The molecule has 1 unspecified atom stereocenters. The number of carboxylic acids is 1. The van der Waals surface area contributed by atoms with Crippen molar-refractivity contribution in [2.24, 2.45) is 0 Å². The molecule has 0 radical (unpaired) electrons. The zero-order valence-electron chi connectivity index (χ0n) is 20.3. The second kappa shape index (κ2) is 9.82. The van der Waals surface area contributed by atoms with E-state index in [2.05, 4.69) is 59.0 Å². The first kappa shape index (κ1) is 23.5. The predicted molar refractivity (Wildman–Crippen MR) is 140 cm³/mol. The van der Waals surface area contributed by atoms with Crippen LogP contribution in [-0.4, -0.2) is 27.4 Å². The molecular formula is C30H28FN3O2. The van der Waals surface area contributed by atoms with Crippen molar-refractivity contribution in [2.45, 2.75) is 32.7 Å². The molecular weight excluding hydrogens is 453 g/mol. The molecule has 2 N–H and O–H groups in total. The van der Waals surface area contributed by atoms with Gasteiger partial charge in [-0.05, 0) is 59.9 Å². The van der Waals surface area contributed by atoms with Gasteiger partial charge in [-0.2, -0.15) is 5.10 Å². The number of rotatable bonds is 8. The number of aromatic nitrogens is 2. The van der Waals surface area contributed by atoms with E-state index in [0.717, 1.165) is 28.2 Å². The fraction of sp³-hybridized carbons (Fsp3) is 0.200. The highest BCUT2D eigenvalue weighted by Crippen LogP contribution is 2.41. The minimum atomic E-state index is -0.849. The Morgan fingerprint density at radius 3 is 2.58 bits per heavy atom. The zero-order chi connectivity index (χ0) is 25.2. The van der Waals surface area contributed by atoms with Crippen molar-refractivity contribution in [3.8, 4) is 0 Å². The normalized spacial score (nSPS) is 14.4. The van der Waals surface area contributed by atoms with Crippen molar-refractivity contribution < 1.29 is 14.3 Å². The van der Waals surface area contributed by atoms with Crippen molar-refractivity contribution in [2.75, 3.05) is 11.9 Å². The number of carboxylic acid groups (broad SMARTS) is 1. The molecule has 1 heterocycles. The van der Waals surface area contributed by atoms with Gasteiger partial charge in [-0.25, -0.2) is 4.39 Å². The zero-order valence-corrected chi connectivity index (χ0v) is 20.3. The quantitative estimate of drug-likeness (QED) is 0.326. The Bertz CT molecular complexity index is 1450. The number of carbonyl (C=O) groups is 1. The minimum Gasteiger partial charge on any atom is -0.481 e. The standard InChI is InChI=1S/C30H28FN3O2/c1-19-28(16-29(35)36)20(2)34(33-19)18-21-10-12-22(13-11-21)30-24(14-23-6-3-4-9-27(23)30)17-32-26-8-5-7-25(31)15-26/h3-15,30,32H,16-18H2,1-2H3,(H,35,36). The summed E-state index contributed by atoms with van der Waals surface area (Å²) in [5.41, 5.74) is 9.17. The number of aliphatic carboxylic acids is 1. The van der Waals surface area contributed by atoms with E-state index in [9.17, 15) is 14.3 Å². The molecule has 1 aliphatic carbocycles. The third-order valence-corrected chi connectivity index (χ3v) is 6.84. The van der Waals surface area contributed by atoms with E-state index in [0.29, 0.717) is 13.1 Å². The molecule has 0 saturated carbocycles. The summed E-state index contributed by atoms with van der Waals surface area (Å²) in [6, 6.07) is 23.5. The summed E-state index contributed by atoms with van der Waals surface area (Å²) in [4.78, 5) is 11.2. The molecule has 4 aromatic rings. The lowest BCUT2D eigenvalue weighted by molar-refractivity contribution is -0.136. The first-order valence-corrected chi connectivity index (χ1v) is 12.0. The maximum absolute atomic E-state index is 13.6. The van der Waals surface area contributed by atoms with Gasteiger partial charge in [0.25, 0.3) is 0 Å². The predicted octanol–water partition coefficient (Wildman–Crippen LogP) is 5.96. The molecule has 0 spiro atoms. The van der Waals surface area contributed by atoms with Crippen molar-refractivity contribution in [3.63, 3.8) is 0 Å². The molecule has 0 aliphatic heterocycles. The van der Waals surface area contributed by atoms with Gasteiger partial charge in [-0.1, -0.05) is 60.7 Å².